The predicted octanol–water partition coefficient (Wildman–Crippen LogP) is 3.87. The van der Waals surface area contributed by atoms with Crippen LogP contribution in [0.25, 0.3) is 0 Å². The second kappa shape index (κ2) is 9.75. The van der Waals surface area contributed by atoms with Gasteiger partial charge in [0.2, 0.25) is 11.8 Å². The van der Waals surface area contributed by atoms with Gasteiger partial charge in [-0.15, -0.1) is 0 Å². The molecule has 4 nitrogen and oxygen atoms in total. The summed E-state index contributed by atoms with van der Waals surface area (Å²) < 4.78 is 0. The highest BCUT2D eigenvalue weighted by Crippen LogP contribution is 2.21. The van der Waals surface area contributed by atoms with Crippen molar-refractivity contribution in [2.45, 2.75) is 38.5 Å². The fourth-order valence-electron chi connectivity index (χ4n) is 3.46. The lowest BCUT2D eigenvalue weighted by Gasteiger charge is -2.26. The predicted molar refractivity (Wildman–Crippen MR) is 112 cm³/mol. The van der Waals surface area contributed by atoms with E-state index in [2.05, 4.69) is 17.2 Å². The molecule has 1 N–H and O–H groups in total. The quantitative estimate of drug-likeness (QED) is 0.808. The first-order chi connectivity index (χ1) is 13.7. The van der Waals surface area contributed by atoms with E-state index >= 15 is 0 Å². The molecule has 4 heteroatoms. The van der Waals surface area contributed by atoms with Gasteiger partial charge in [-0.3, -0.25) is 9.59 Å². The third-order valence-electron chi connectivity index (χ3n) is 5.01. The van der Waals surface area contributed by atoms with Crippen molar-refractivity contribution in [1.29, 1.82) is 0 Å². The van der Waals surface area contributed by atoms with Crippen molar-refractivity contribution in [2.24, 2.45) is 0 Å². The van der Waals surface area contributed by atoms with Crippen LogP contribution in [0.3, 0.4) is 0 Å². The van der Waals surface area contributed by atoms with Gasteiger partial charge in [0.15, 0.2) is 0 Å². The summed E-state index contributed by atoms with van der Waals surface area (Å²) in [6.07, 6.45) is 3.41. The van der Waals surface area contributed by atoms with Crippen molar-refractivity contribution in [3.8, 4) is 11.8 Å². The normalized spacial score (nSPS) is 14.8. The Hall–Kier alpha value is -3.06. The minimum atomic E-state index is -0.149. The Labute approximate surface area is 166 Å². The Morgan fingerprint density at radius 1 is 1.11 bits per heavy atom. The molecule has 2 amide bonds. The highest BCUT2D eigenvalue weighted by Gasteiger charge is 2.19. The fourth-order valence-corrected chi connectivity index (χ4v) is 3.46. The second-order valence-electron chi connectivity index (χ2n) is 6.94. The number of anilines is 1. The standard InChI is InChI=1S/C24H26N2O2/c1-2-22(20-10-4-3-5-11-20)24(28)25-17-8-9-19-13-15-21(16-14-19)26-18-7-6-12-23(26)27/h3-5,10-11,13-16,22H,2,6-7,12,17-18H2,1H3,(H,25,28). The maximum atomic E-state index is 12.4. The summed E-state index contributed by atoms with van der Waals surface area (Å²) in [7, 11) is 0. The van der Waals surface area contributed by atoms with Gasteiger partial charge < -0.3 is 10.2 Å². The minimum Gasteiger partial charge on any atom is -0.345 e. The molecule has 0 aromatic heterocycles. The monoisotopic (exact) mass is 374 g/mol. The molecule has 2 aromatic rings. The highest BCUT2D eigenvalue weighted by atomic mass is 16.2. The van der Waals surface area contributed by atoms with Crippen LogP contribution in [-0.4, -0.2) is 24.9 Å². The molecule has 144 valence electrons. The number of nitrogens with zero attached hydrogens (tertiary/aromatic N) is 1. The van der Waals surface area contributed by atoms with Crippen molar-refractivity contribution >= 4 is 17.5 Å². The van der Waals surface area contributed by atoms with Crippen LogP contribution in [0, 0.1) is 11.8 Å². The molecular formula is C24H26N2O2. The Morgan fingerprint density at radius 2 is 1.86 bits per heavy atom. The largest absolute Gasteiger partial charge is 0.345 e. The van der Waals surface area contributed by atoms with Crippen molar-refractivity contribution in [3.63, 3.8) is 0 Å². The number of rotatable bonds is 5. The molecule has 1 fully saturated rings. The molecule has 1 atom stereocenters. The summed E-state index contributed by atoms with van der Waals surface area (Å²) in [5, 5.41) is 2.91. The SMILES string of the molecule is CCC(C(=O)NCC#Cc1ccc(N2CCCCC2=O)cc1)c1ccccc1. The van der Waals surface area contributed by atoms with E-state index < -0.39 is 0 Å². The minimum absolute atomic E-state index is 0.00181. The average Bonchev–Trinajstić information content (AvgIpc) is 2.73. The summed E-state index contributed by atoms with van der Waals surface area (Å²) >= 11 is 0. The lowest BCUT2D eigenvalue weighted by molar-refractivity contribution is -0.122. The van der Waals surface area contributed by atoms with Crippen molar-refractivity contribution < 1.29 is 9.59 Å². The average molecular weight is 374 g/mol. The van der Waals surface area contributed by atoms with E-state index in [1.807, 2.05) is 66.4 Å². The maximum Gasteiger partial charge on any atom is 0.228 e. The van der Waals surface area contributed by atoms with Gasteiger partial charge in [-0.05, 0) is 49.1 Å². The van der Waals surface area contributed by atoms with Gasteiger partial charge >= 0.3 is 0 Å². The van der Waals surface area contributed by atoms with E-state index in [9.17, 15) is 9.59 Å². The van der Waals surface area contributed by atoms with Gasteiger partial charge in [0.1, 0.15) is 0 Å². The molecule has 0 aliphatic carbocycles. The van der Waals surface area contributed by atoms with Crippen molar-refractivity contribution in [1.82, 2.24) is 5.32 Å². The number of carbonyl (C=O) groups excluding carboxylic acids is 2. The first kappa shape index (κ1) is 19.7. The molecule has 1 aliphatic rings. The summed E-state index contributed by atoms with van der Waals surface area (Å²) in [4.78, 5) is 26.3. The van der Waals surface area contributed by atoms with Crippen LogP contribution in [0.1, 0.15) is 49.7 Å². The number of hydrogen-bond acceptors (Lipinski definition) is 2. The van der Waals surface area contributed by atoms with Crippen LogP contribution in [0.2, 0.25) is 0 Å². The Kier molecular flexibility index (Phi) is 6.86. The van der Waals surface area contributed by atoms with Gasteiger partial charge in [0, 0.05) is 24.2 Å². The Bertz CT molecular complexity index is 863. The van der Waals surface area contributed by atoms with Crippen LogP contribution < -0.4 is 10.2 Å². The molecule has 0 spiro atoms. The van der Waals surface area contributed by atoms with E-state index in [1.54, 1.807) is 0 Å². The number of carbonyl (C=O) groups is 2. The zero-order valence-electron chi connectivity index (χ0n) is 16.3. The molecule has 28 heavy (non-hydrogen) atoms. The third kappa shape index (κ3) is 5.01. The molecular weight excluding hydrogens is 348 g/mol. The highest BCUT2D eigenvalue weighted by molar-refractivity contribution is 5.94. The fraction of sp³-hybridized carbons (Fsp3) is 0.333. The van der Waals surface area contributed by atoms with Gasteiger partial charge in [0.25, 0.3) is 0 Å². The molecule has 1 heterocycles. The van der Waals surface area contributed by atoms with Crippen LogP contribution in [0.5, 0.6) is 0 Å². The first-order valence-electron chi connectivity index (χ1n) is 9.91. The maximum absolute atomic E-state index is 12.4. The van der Waals surface area contributed by atoms with Crippen LogP contribution in [0.15, 0.2) is 54.6 Å². The smallest absolute Gasteiger partial charge is 0.228 e. The topological polar surface area (TPSA) is 49.4 Å². The van der Waals surface area contributed by atoms with Gasteiger partial charge in [-0.25, -0.2) is 0 Å². The molecule has 0 bridgehead atoms. The lowest BCUT2D eigenvalue weighted by atomic mass is 9.96. The summed E-state index contributed by atoms with van der Waals surface area (Å²) in [6.45, 7) is 3.11. The zero-order valence-corrected chi connectivity index (χ0v) is 16.3. The Morgan fingerprint density at radius 3 is 2.54 bits per heavy atom. The lowest BCUT2D eigenvalue weighted by Crippen LogP contribution is -2.35. The van der Waals surface area contributed by atoms with E-state index in [0.717, 1.165) is 42.6 Å². The van der Waals surface area contributed by atoms with E-state index in [-0.39, 0.29) is 17.7 Å². The number of benzene rings is 2. The first-order valence-corrected chi connectivity index (χ1v) is 9.91. The van der Waals surface area contributed by atoms with E-state index in [1.165, 1.54) is 0 Å². The molecule has 0 saturated carbocycles. The second-order valence-corrected chi connectivity index (χ2v) is 6.94. The van der Waals surface area contributed by atoms with Crippen molar-refractivity contribution in [2.75, 3.05) is 18.0 Å². The van der Waals surface area contributed by atoms with Crippen LogP contribution in [0.4, 0.5) is 5.69 Å². The molecule has 0 radical (unpaired) electrons. The number of piperidine rings is 1. The molecule has 1 saturated heterocycles. The zero-order chi connectivity index (χ0) is 19.8. The molecule has 1 unspecified atom stereocenters. The summed E-state index contributed by atoms with van der Waals surface area (Å²) in [5.41, 5.74) is 2.83. The van der Waals surface area contributed by atoms with E-state index in [0.29, 0.717) is 13.0 Å². The number of amides is 2. The summed E-state index contributed by atoms with van der Waals surface area (Å²) in [5.74, 6) is 6.12. The Balaban J connectivity index is 1.54. The van der Waals surface area contributed by atoms with Crippen LogP contribution in [-0.2, 0) is 9.59 Å². The van der Waals surface area contributed by atoms with E-state index in [4.69, 9.17) is 0 Å². The number of nitrogens with one attached hydrogen (secondary N) is 1. The molecule has 1 aliphatic heterocycles. The summed E-state index contributed by atoms with van der Waals surface area (Å²) in [6, 6.07) is 17.5. The molecule has 2 aromatic carbocycles. The van der Waals surface area contributed by atoms with Gasteiger partial charge in [-0.1, -0.05) is 49.1 Å². The van der Waals surface area contributed by atoms with Crippen molar-refractivity contribution in [3.05, 3.63) is 65.7 Å². The number of hydrogen-bond donors (Lipinski definition) is 1. The molecule has 3 rings (SSSR count). The van der Waals surface area contributed by atoms with Crippen LogP contribution >= 0.6 is 0 Å². The van der Waals surface area contributed by atoms with Gasteiger partial charge in [0.05, 0.1) is 12.5 Å². The third-order valence-corrected chi connectivity index (χ3v) is 5.01. The van der Waals surface area contributed by atoms with Gasteiger partial charge in [-0.2, -0.15) is 0 Å².